The molecular weight excluding hydrogens is 613 g/mol. The standard InChI is InChI=1S/C29H31FN4O9.2Na/c1-12-18(24(28(40)41)34-23(12)22(13(2)35)26(34)37)11-43-29(42)31-14-5-6-32(9-14)21-8-20-16(7-19(21)30)25(36)17(27(38)39)10-33(20)15-3-4-15;;/h7-8,10,12-15,22-23,35H,3-6,9,11H2,1-2H3,(H,31,42)(H,38,39)(H,40,41);;/q;2*+1/p-2/t12-,13+,14?,22-,23+;;/m1../s1. The Labute approximate surface area is 300 Å². The van der Waals surface area contributed by atoms with E-state index in [-0.39, 0.29) is 94.0 Å². The van der Waals surface area contributed by atoms with Crippen molar-refractivity contribution >= 4 is 40.5 Å². The SMILES string of the molecule is C[C@H](O)[C@H]1C(=O)N2C(C(=O)[O-])=C(COC(=O)NC3CCN(c4cc5c(cc4F)c(=O)c(C(=O)[O-])cn5C4CC4)C3)[C@@H](C)[C@@H]12.[Na+].[Na+]. The topological polar surface area (TPSA) is 184 Å². The molecule has 6 rings (SSSR count). The number of aromatic carboxylic acids is 1. The number of rotatable bonds is 8. The molecule has 16 heteroatoms. The maximum Gasteiger partial charge on any atom is 1.00 e. The number of aliphatic hydroxyl groups is 1. The number of pyridine rings is 1. The van der Waals surface area contributed by atoms with Crippen LogP contribution in [-0.2, 0) is 14.3 Å². The van der Waals surface area contributed by atoms with Crippen molar-refractivity contribution in [3.05, 3.63) is 51.2 Å². The van der Waals surface area contributed by atoms with Gasteiger partial charge in [-0.2, -0.15) is 0 Å². The van der Waals surface area contributed by atoms with Crippen molar-refractivity contribution < 1.29 is 103 Å². The predicted molar refractivity (Wildman–Crippen MR) is 143 cm³/mol. The van der Waals surface area contributed by atoms with E-state index in [1.54, 1.807) is 16.4 Å². The van der Waals surface area contributed by atoms with E-state index in [1.165, 1.54) is 19.2 Å². The van der Waals surface area contributed by atoms with Crippen LogP contribution < -0.4 is 85.0 Å². The molecule has 1 saturated carbocycles. The molecule has 2 saturated heterocycles. The average Bonchev–Trinajstić information content (AvgIpc) is 3.62. The van der Waals surface area contributed by atoms with Gasteiger partial charge < -0.3 is 49.3 Å². The summed E-state index contributed by atoms with van der Waals surface area (Å²) in [5, 5.41) is 35.9. The van der Waals surface area contributed by atoms with Crippen LogP contribution in [0, 0.1) is 17.7 Å². The minimum atomic E-state index is -1.62. The second-order valence-corrected chi connectivity index (χ2v) is 11.7. The van der Waals surface area contributed by atoms with Gasteiger partial charge in [0, 0.05) is 36.6 Å². The Kier molecular flexibility index (Phi) is 10.5. The Hall–Kier alpha value is -2.46. The van der Waals surface area contributed by atoms with Gasteiger partial charge in [-0.25, -0.2) is 9.18 Å². The van der Waals surface area contributed by atoms with Gasteiger partial charge in [0.05, 0.1) is 58.5 Å². The molecular formula is C29H29FN4Na2O9. The molecule has 13 nitrogen and oxygen atoms in total. The number of carboxylic acids is 2. The van der Waals surface area contributed by atoms with E-state index in [0.29, 0.717) is 18.5 Å². The normalized spacial score (nSPS) is 24.4. The summed E-state index contributed by atoms with van der Waals surface area (Å²) in [7, 11) is 0. The molecule has 2 amide bonds. The number of aliphatic carboxylic acids is 1. The van der Waals surface area contributed by atoms with E-state index in [4.69, 9.17) is 4.74 Å². The Morgan fingerprint density at radius 2 is 1.82 bits per heavy atom. The second-order valence-electron chi connectivity index (χ2n) is 11.7. The number of nitrogens with zero attached hydrogens (tertiary/aromatic N) is 3. The minimum Gasteiger partial charge on any atom is -0.545 e. The fraction of sp³-hybridized carbons (Fsp3) is 0.483. The van der Waals surface area contributed by atoms with Crippen molar-refractivity contribution in [1.29, 1.82) is 0 Å². The maximum atomic E-state index is 15.3. The van der Waals surface area contributed by atoms with E-state index < -0.39 is 77.4 Å². The molecule has 0 radical (unpaired) electrons. The molecule has 4 aliphatic rings. The maximum absolute atomic E-state index is 15.3. The van der Waals surface area contributed by atoms with Crippen LogP contribution in [0.4, 0.5) is 14.9 Å². The molecule has 228 valence electrons. The van der Waals surface area contributed by atoms with Gasteiger partial charge in [0.2, 0.25) is 5.91 Å². The number of halogens is 1. The number of ether oxygens (including phenoxy) is 1. The number of nitrogens with one attached hydrogen (secondary N) is 1. The van der Waals surface area contributed by atoms with Crippen LogP contribution in [0.25, 0.3) is 10.9 Å². The number of β-lactam (4-membered cyclic amide) rings is 1. The fourth-order valence-electron chi connectivity index (χ4n) is 6.67. The van der Waals surface area contributed by atoms with Gasteiger partial charge in [0.15, 0.2) is 5.43 Å². The summed E-state index contributed by atoms with van der Waals surface area (Å²) in [6.07, 6.45) is 1.49. The average molecular weight is 643 g/mol. The van der Waals surface area contributed by atoms with Crippen molar-refractivity contribution in [2.24, 2.45) is 11.8 Å². The smallest absolute Gasteiger partial charge is 0.545 e. The van der Waals surface area contributed by atoms with Gasteiger partial charge in [-0.1, -0.05) is 6.92 Å². The first-order chi connectivity index (χ1) is 20.4. The van der Waals surface area contributed by atoms with Crippen molar-refractivity contribution in [3.8, 4) is 0 Å². The van der Waals surface area contributed by atoms with Crippen molar-refractivity contribution in [1.82, 2.24) is 14.8 Å². The summed E-state index contributed by atoms with van der Waals surface area (Å²) < 4.78 is 22.3. The molecule has 5 atom stereocenters. The zero-order chi connectivity index (χ0) is 30.9. The minimum absolute atomic E-state index is 0. The number of hydrogen-bond donors (Lipinski definition) is 2. The number of fused-ring (bicyclic) bond motifs is 2. The first-order valence-corrected chi connectivity index (χ1v) is 14.1. The van der Waals surface area contributed by atoms with E-state index in [2.05, 4.69) is 5.32 Å². The molecule has 3 fully saturated rings. The quantitative estimate of drug-likeness (QED) is 0.207. The van der Waals surface area contributed by atoms with E-state index in [0.717, 1.165) is 23.8 Å². The summed E-state index contributed by atoms with van der Waals surface area (Å²) in [6.45, 7) is 3.34. The van der Waals surface area contributed by atoms with Crippen molar-refractivity contribution in [2.75, 3.05) is 24.6 Å². The van der Waals surface area contributed by atoms with E-state index in [9.17, 15) is 39.3 Å². The van der Waals surface area contributed by atoms with Gasteiger partial charge in [-0.15, -0.1) is 0 Å². The molecule has 2 aromatic rings. The summed E-state index contributed by atoms with van der Waals surface area (Å²) >= 11 is 0. The van der Waals surface area contributed by atoms with Crippen LogP contribution in [-0.4, -0.2) is 76.4 Å². The number of anilines is 1. The number of alkyl carbamates (subject to hydrolysis) is 1. The molecule has 0 bridgehead atoms. The van der Waals surface area contributed by atoms with Gasteiger partial charge in [0.25, 0.3) is 0 Å². The number of aromatic nitrogens is 1. The molecule has 4 heterocycles. The third-order valence-electron chi connectivity index (χ3n) is 8.98. The number of aliphatic hydroxyl groups excluding tert-OH is 1. The summed E-state index contributed by atoms with van der Waals surface area (Å²) in [5.41, 5.74) is -0.859. The molecule has 2 N–H and O–H groups in total. The Balaban J connectivity index is 0.00000230. The molecule has 0 spiro atoms. The summed E-state index contributed by atoms with van der Waals surface area (Å²) in [4.78, 5) is 64.0. The number of hydrogen-bond acceptors (Lipinski definition) is 10. The van der Waals surface area contributed by atoms with Gasteiger partial charge in [-0.05, 0) is 43.9 Å². The molecule has 1 aromatic heterocycles. The van der Waals surface area contributed by atoms with Crippen molar-refractivity contribution in [3.63, 3.8) is 0 Å². The van der Waals surface area contributed by atoms with Crippen LogP contribution >= 0.6 is 0 Å². The van der Waals surface area contributed by atoms with Crippen LogP contribution in [0.1, 0.15) is 49.5 Å². The summed E-state index contributed by atoms with van der Waals surface area (Å²) in [6, 6.07) is 1.55. The number of carboxylic acid groups (broad SMARTS) is 2. The number of amides is 2. The van der Waals surface area contributed by atoms with Crippen molar-refractivity contribution in [2.45, 2.75) is 57.3 Å². The second kappa shape index (κ2) is 13.3. The van der Waals surface area contributed by atoms with Gasteiger partial charge >= 0.3 is 65.2 Å². The monoisotopic (exact) mass is 642 g/mol. The number of benzene rings is 1. The largest absolute Gasteiger partial charge is 1.00 e. The predicted octanol–water partition coefficient (Wildman–Crippen LogP) is -6.99. The fourth-order valence-corrected chi connectivity index (χ4v) is 6.67. The van der Waals surface area contributed by atoms with E-state index >= 15 is 4.39 Å². The van der Waals surface area contributed by atoms with Crippen LogP contribution in [0.3, 0.4) is 0 Å². The van der Waals surface area contributed by atoms with Crippen LogP contribution in [0.15, 0.2) is 34.4 Å². The first kappa shape index (κ1) is 35.4. The zero-order valence-electron chi connectivity index (χ0n) is 25.4. The number of carbonyl (C=O) groups is 4. The molecule has 1 aliphatic carbocycles. The van der Waals surface area contributed by atoms with Gasteiger partial charge in [0.1, 0.15) is 12.4 Å². The molecule has 45 heavy (non-hydrogen) atoms. The molecule has 1 aromatic carbocycles. The molecule has 3 aliphatic heterocycles. The first-order valence-electron chi connectivity index (χ1n) is 14.1. The third-order valence-corrected chi connectivity index (χ3v) is 8.98. The Morgan fingerprint density at radius 1 is 1.13 bits per heavy atom. The Bertz CT molecular complexity index is 1670. The number of carbonyl (C=O) groups excluding carboxylic acids is 4. The van der Waals surface area contributed by atoms with Gasteiger partial charge in [-0.3, -0.25) is 9.59 Å². The van der Waals surface area contributed by atoms with Crippen LogP contribution in [0.2, 0.25) is 0 Å². The zero-order valence-corrected chi connectivity index (χ0v) is 29.4. The molecule has 1 unspecified atom stereocenters. The van der Waals surface area contributed by atoms with Crippen LogP contribution in [0.5, 0.6) is 0 Å². The third kappa shape index (κ3) is 6.18. The summed E-state index contributed by atoms with van der Waals surface area (Å²) in [5.74, 6) is -5.67. The Morgan fingerprint density at radius 3 is 2.42 bits per heavy atom. The van der Waals surface area contributed by atoms with E-state index in [1.807, 2.05) is 0 Å².